The van der Waals surface area contributed by atoms with Crippen LogP contribution < -0.4 is 5.32 Å². The van der Waals surface area contributed by atoms with Gasteiger partial charge in [0.15, 0.2) is 0 Å². The van der Waals surface area contributed by atoms with E-state index >= 15 is 0 Å². The molecule has 1 aromatic rings. The molecule has 0 spiro atoms. The minimum absolute atomic E-state index is 0. The molecule has 0 amide bonds. The van der Waals surface area contributed by atoms with E-state index < -0.39 is 0 Å². The minimum atomic E-state index is 0. The summed E-state index contributed by atoms with van der Waals surface area (Å²) in [5, 5.41) is 3.26. The summed E-state index contributed by atoms with van der Waals surface area (Å²) < 4.78 is 0. The van der Waals surface area contributed by atoms with E-state index in [1.54, 1.807) is 11.3 Å². The molecule has 0 saturated carbocycles. The van der Waals surface area contributed by atoms with Crippen LogP contribution in [0.2, 0.25) is 0 Å². The van der Waals surface area contributed by atoms with Gasteiger partial charge in [-0.2, -0.15) is 0 Å². The van der Waals surface area contributed by atoms with Crippen molar-refractivity contribution in [3.63, 3.8) is 0 Å². The van der Waals surface area contributed by atoms with Gasteiger partial charge in [0.05, 0.1) is 11.2 Å². The molecule has 0 aromatic carbocycles. The first-order chi connectivity index (χ1) is 4.84. The van der Waals surface area contributed by atoms with Crippen molar-refractivity contribution in [1.82, 2.24) is 10.3 Å². The molecule has 0 aliphatic rings. The summed E-state index contributed by atoms with van der Waals surface area (Å²) in [7, 11) is 0. The molecule has 0 bridgehead atoms. The Morgan fingerprint density at radius 1 is 1.64 bits per heavy atom. The van der Waals surface area contributed by atoms with Crippen molar-refractivity contribution >= 4 is 23.7 Å². The minimum Gasteiger partial charge on any atom is -0.312 e. The van der Waals surface area contributed by atoms with Crippen LogP contribution in [0.5, 0.6) is 0 Å². The van der Waals surface area contributed by atoms with E-state index in [1.807, 2.05) is 12.4 Å². The fourth-order valence-electron chi connectivity index (χ4n) is 0.734. The lowest BCUT2D eigenvalue weighted by molar-refractivity contribution is 0.731. The van der Waals surface area contributed by atoms with Gasteiger partial charge in [0.25, 0.3) is 0 Å². The molecule has 1 N–H and O–H groups in total. The van der Waals surface area contributed by atoms with Crippen LogP contribution in [0, 0.1) is 6.92 Å². The second-order valence-electron chi connectivity index (χ2n) is 2.14. The third kappa shape index (κ3) is 3.18. The molecule has 0 aliphatic carbocycles. The number of nitrogens with one attached hydrogen (secondary N) is 1. The van der Waals surface area contributed by atoms with Crippen LogP contribution in [-0.2, 0) is 6.54 Å². The molecule has 1 aromatic heterocycles. The number of aromatic nitrogens is 1. The van der Waals surface area contributed by atoms with Gasteiger partial charge < -0.3 is 5.32 Å². The topological polar surface area (TPSA) is 24.9 Å². The first-order valence-electron chi connectivity index (χ1n) is 3.44. The number of hydrogen-bond acceptors (Lipinski definition) is 3. The highest BCUT2D eigenvalue weighted by Gasteiger charge is 1.97. The average molecular weight is 193 g/mol. The Balaban J connectivity index is 0.000001000. The van der Waals surface area contributed by atoms with Crippen molar-refractivity contribution in [2.45, 2.75) is 20.4 Å². The van der Waals surface area contributed by atoms with Crippen LogP contribution in [0.25, 0.3) is 0 Å². The van der Waals surface area contributed by atoms with Crippen molar-refractivity contribution in [3.05, 3.63) is 16.1 Å². The third-order valence-corrected chi connectivity index (χ3v) is 2.32. The number of thiazole rings is 1. The van der Waals surface area contributed by atoms with E-state index in [-0.39, 0.29) is 12.4 Å². The van der Waals surface area contributed by atoms with Gasteiger partial charge in [-0.3, -0.25) is 0 Å². The van der Waals surface area contributed by atoms with E-state index in [4.69, 9.17) is 0 Å². The summed E-state index contributed by atoms with van der Waals surface area (Å²) in [6.45, 7) is 6.14. The highest BCUT2D eigenvalue weighted by Crippen LogP contribution is 2.10. The quantitative estimate of drug-likeness (QED) is 0.793. The molecule has 2 nitrogen and oxygen atoms in total. The van der Waals surface area contributed by atoms with Crippen LogP contribution in [-0.4, -0.2) is 11.5 Å². The lowest BCUT2D eigenvalue weighted by atomic mass is 10.4. The fourth-order valence-corrected chi connectivity index (χ4v) is 1.48. The van der Waals surface area contributed by atoms with E-state index in [0.717, 1.165) is 18.8 Å². The molecule has 0 saturated heterocycles. The first kappa shape index (κ1) is 10.9. The summed E-state index contributed by atoms with van der Waals surface area (Å²) in [5.41, 5.74) is 3.05. The van der Waals surface area contributed by atoms with Crippen LogP contribution in [0.15, 0.2) is 5.51 Å². The Bertz CT molecular complexity index is 200. The molecule has 0 radical (unpaired) electrons. The lowest BCUT2D eigenvalue weighted by Crippen LogP contribution is -2.11. The standard InChI is InChI=1S/C7H12N2S.ClH/c1-3-8-4-7-6(2)9-5-10-7;/h5,8H,3-4H2,1-2H3;1H. The maximum atomic E-state index is 4.15. The Morgan fingerprint density at radius 2 is 2.36 bits per heavy atom. The number of nitrogens with zero attached hydrogens (tertiary/aromatic N) is 1. The van der Waals surface area contributed by atoms with Crippen LogP contribution >= 0.6 is 23.7 Å². The summed E-state index contributed by atoms with van der Waals surface area (Å²) >= 11 is 1.72. The van der Waals surface area contributed by atoms with Gasteiger partial charge in [0, 0.05) is 11.4 Å². The van der Waals surface area contributed by atoms with Gasteiger partial charge in [-0.1, -0.05) is 6.92 Å². The zero-order valence-electron chi connectivity index (χ0n) is 6.76. The number of hydrogen-bond donors (Lipinski definition) is 1. The van der Waals surface area contributed by atoms with Gasteiger partial charge in [0.2, 0.25) is 0 Å². The van der Waals surface area contributed by atoms with Crippen LogP contribution in [0.1, 0.15) is 17.5 Å². The summed E-state index contributed by atoms with van der Waals surface area (Å²) in [6, 6.07) is 0. The van der Waals surface area contributed by atoms with Crippen molar-refractivity contribution in [2.24, 2.45) is 0 Å². The molecular weight excluding hydrogens is 180 g/mol. The van der Waals surface area contributed by atoms with E-state index in [9.17, 15) is 0 Å². The molecular formula is C7H13ClN2S. The Labute approximate surface area is 77.5 Å². The smallest absolute Gasteiger partial charge is 0.0798 e. The number of halogens is 1. The molecule has 1 heterocycles. The monoisotopic (exact) mass is 192 g/mol. The second kappa shape index (κ2) is 5.52. The summed E-state index contributed by atoms with van der Waals surface area (Å²) in [5.74, 6) is 0. The van der Waals surface area contributed by atoms with Crippen molar-refractivity contribution in [2.75, 3.05) is 6.54 Å². The van der Waals surface area contributed by atoms with Gasteiger partial charge in [-0.15, -0.1) is 23.7 Å². The predicted octanol–water partition coefficient (Wildman–Crippen LogP) is 1.98. The average Bonchev–Trinajstić information content (AvgIpc) is 2.31. The molecule has 0 aliphatic heterocycles. The van der Waals surface area contributed by atoms with Crippen LogP contribution in [0.3, 0.4) is 0 Å². The largest absolute Gasteiger partial charge is 0.312 e. The Morgan fingerprint density at radius 3 is 2.82 bits per heavy atom. The molecule has 1 rings (SSSR count). The molecule has 11 heavy (non-hydrogen) atoms. The van der Waals surface area contributed by atoms with E-state index in [0.29, 0.717) is 0 Å². The van der Waals surface area contributed by atoms with Gasteiger partial charge in [-0.25, -0.2) is 4.98 Å². The zero-order valence-corrected chi connectivity index (χ0v) is 8.39. The third-order valence-electron chi connectivity index (χ3n) is 1.38. The molecule has 0 fully saturated rings. The maximum Gasteiger partial charge on any atom is 0.0798 e. The normalized spacial score (nSPS) is 9.27. The van der Waals surface area contributed by atoms with E-state index in [2.05, 4.69) is 17.2 Å². The van der Waals surface area contributed by atoms with Crippen molar-refractivity contribution in [1.29, 1.82) is 0 Å². The van der Waals surface area contributed by atoms with Gasteiger partial charge in [0.1, 0.15) is 0 Å². The molecule has 0 unspecified atom stereocenters. The molecule has 64 valence electrons. The predicted molar refractivity (Wildman–Crippen MR) is 51.5 cm³/mol. The molecule has 4 heteroatoms. The van der Waals surface area contributed by atoms with E-state index in [1.165, 1.54) is 4.88 Å². The highest BCUT2D eigenvalue weighted by atomic mass is 35.5. The summed E-state index contributed by atoms with van der Waals surface area (Å²) in [4.78, 5) is 5.50. The second-order valence-corrected chi connectivity index (χ2v) is 3.08. The van der Waals surface area contributed by atoms with Crippen molar-refractivity contribution < 1.29 is 0 Å². The molecule has 0 atom stereocenters. The Kier molecular flexibility index (Phi) is 5.46. The highest BCUT2D eigenvalue weighted by molar-refractivity contribution is 7.09. The van der Waals surface area contributed by atoms with Crippen LogP contribution in [0.4, 0.5) is 0 Å². The Hall–Kier alpha value is -0.120. The van der Waals surface area contributed by atoms with Gasteiger partial charge >= 0.3 is 0 Å². The zero-order chi connectivity index (χ0) is 7.40. The lowest BCUT2D eigenvalue weighted by Gasteiger charge is -1.97. The fraction of sp³-hybridized carbons (Fsp3) is 0.571. The van der Waals surface area contributed by atoms with Crippen molar-refractivity contribution in [3.8, 4) is 0 Å². The van der Waals surface area contributed by atoms with Gasteiger partial charge in [-0.05, 0) is 13.5 Å². The SMILES string of the molecule is CCNCc1scnc1C.Cl. The summed E-state index contributed by atoms with van der Waals surface area (Å²) in [6.07, 6.45) is 0. The maximum absolute atomic E-state index is 4.15. The number of rotatable bonds is 3. The first-order valence-corrected chi connectivity index (χ1v) is 4.32. The number of aryl methyl sites for hydroxylation is 1.